The van der Waals surface area contributed by atoms with E-state index in [1.807, 2.05) is 13.8 Å². The molecule has 1 saturated carbocycles. The first-order chi connectivity index (χ1) is 11.4. The molecule has 7 nitrogen and oxygen atoms in total. The summed E-state index contributed by atoms with van der Waals surface area (Å²) in [6, 6.07) is 5.63. The molecule has 3 amide bonds. The van der Waals surface area contributed by atoms with Crippen LogP contribution in [0.5, 0.6) is 0 Å². The summed E-state index contributed by atoms with van der Waals surface area (Å²) in [6.07, 6.45) is 2.86. The van der Waals surface area contributed by atoms with Crippen molar-refractivity contribution in [3.05, 3.63) is 39.9 Å². The van der Waals surface area contributed by atoms with Crippen LogP contribution in [0.2, 0.25) is 0 Å². The monoisotopic (exact) mass is 331 g/mol. The number of nitrogens with zero attached hydrogens (tertiary/aromatic N) is 2. The van der Waals surface area contributed by atoms with Crippen LogP contribution in [0.15, 0.2) is 24.3 Å². The fourth-order valence-electron chi connectivity index (χ4n) is 4.05. The summed E-state index contributed by atoms with van der Waals surface area (Å²) >= 11 is 0. The number of amides is 3. The van der Waals surface area contributed by atoms with E-state index in [4.69, 9.17) is 0 Å². The van der Waals surface area contributed by atoms with Gasteiger partial charge < -0.3 is 5.32 Å². The Morgan fingerprint density at radius 1 is 1.29 bits per heavy atom. The standard InChI is InChI=1S/C17H21N3O4/c1-11-5-3-6-12(2)17(11)15(21)19(16(22)18-17)10-13-7-4-8-14(9-13)20(23)24/h4,7-9,11-12H,3,5-6,10H2,1-2H3,(H,18,22). The molecule has 1 aliphatic heterocycles. The molecule has 1 saturated heterocycles. The number of non-ortho nitro benzene ring substituents is 1. The highest BCUT2D eigenvalue weighted by Crippen LogP contribution is 2.42. The van der Waals surface area contributed by atoms with Crippen LogP contribution in [-0.4, -0.2) is 27.3 Å². The maximum atomic E-state index is 13.0. The molecule has 1 N–H and O–H groups in total. The maximum absolute atomic E-state index is 13.0. The van der Waals surface area contributed by atoms with Crippen molar-refractivity contribution in [3.8, 4) is 0 Å². The number of nitro groups is 1. The fourth-order valence-corrected chi connectivity index (χ4v) is 4.05. The first-order valence-corrected chi connectivity index (χ1v) is 8.23. The summed E-state index contributed by atoms with van der Waals surface area (Å²) in [5, 5.41) is 13.8. The van der Waals surface area contributed by atoms with Crippen molar-refractivity contribution in [3.63, 3.8) is 0 Å². The third-order valence-electron chi connectivity index (χ3n) is 5.45. The second kappa shape index (κ2) is 5.89. The van der Waals surface area contributed by atoms with Gasteiger partial charge in [0.05, 0.1) is 11.5 Å². The van der Waals surface area contributed by atoms with Crippen LogP contribution in [0.1, 0.15) is 38.7 Å². The van der Waals surface area contributed by atoms with Crippen LogP contribution in [0.3, 0.4) is 0 Å². The zero-order chi connectivity index (χ0) is 17.5. The number of imide groups is 1. The van der Waals surface area contributed by atoms with E-state index in [1.165, 1.54) is 17.0 Å². The Labute approximate surface area is 140 Å². The van der Waals surface area contributed by atoms with Gasteiger partial charge >= 0.3 is 6.03 Å². The van der Waals surface area contributed by atoms with Crippen LogP contribution in [-0.2, 0) is 11.3 Å². The summed E-state index contributed by atoms with van der Waals surface area (Å²) in [5.41, 5.74) is -0.315. The van der Waals surface area contributed by atoms with Gasteiger partial charge in [-0.3, -0.25) is 19.8 Å². The van der Waals surface area contributed by atoms with Gasteiger partial charge in [-0.25, -0.2) is 4.79 Å². The molecule has 1 aromatic rings. The average Bonchev–Trinajstić information content (AvgIpc) is 2.79. The van der Waals surface area contributed by atoms with Gasteiger partial charge in [0.2, 0.25) is 0 Å². The van der Waals surface area contributed by atoms with Crippen LogP contribution >= 0.6 is 0 Å². The van der Waals surface area contributed by atoms with E-state index in [2.05, 4.69) is 5.32 Å². The Hall–Kier alpha value is -2.44. The smallest absolute Gasteiger partial charge is 0.323 e. The van der Waals surface area contributed by atoms with Gasteiger partial charge in [0.25, 0.3) is 11.6 Å². The van der Waals surface area contributed by atoms with Crippen molar-refractivity contribution in [1.82, 2.24) is 10.2 Å². The second-order valence-electron chi connectivity index (χ2n) is 6.85. The molecule has 7 heteroatoms. The number of carbonyl (C=O) groups is 2. The molecule has 128 valence electrons. The molecule has 1 aromatic carbocycles. The van der Waals surface area contributed by atoms with Crippen molar-refractivity contribution in [2.24, 2.45) is 11.8 Å². The lowest BCUT2D eigenvalue weighted by atomic mass is 9.67. The molecule has 1 aliphatic carbocycles. The van der Waals surface area contributed by atoms with Crippen molar-refractivity contribution in [2.75, 3.05) is 0 Å². The molecule has 2 unspecified atom stereocenters. The number of nitrogens with one attached hydrogen (secondary N) is 1. The Morgan fingerprint density at radius 3 is 2.58 bits per heavy atom. The first-order valence-electron chi connectivity index (χ1n) is 8.23. The SMILES string of the molecule is CC1CCCC(C)C12NC(=O)N(Cc1cccc([N+](=O)[O-])c1)C2=O. The quantitative estimate of drug-likeness (QED) is 0.523. The number of hydrogen-bond donors (Lipinski definition) is 1. The minimum absolute atomic E-state index is 0.0475. The summed E-state index contributed by atoms with van der Waals surface area (Å²) in [6.45, 7) is 4.06. The Bertz CT molecular complexity index is 693. The molecule has 2 aliphatic rings. The summed E-state index contributed by atoms with van der Waals surface area (Å²) in [4.78, 5) is 37.1. The van der Waals surface area contributed by atoms with Crippen LogP contribution in [0, 0.1) is 22.0 Å². The molecule has 0 bridgehead atoms. The number of rotatable bonds is 3. The topological polar surface area (TPSA) is 92.6 Å². The van der Waals surface area contributed by atoms with Gasteiger partial charge in [-0.05, 0) is 30.2 Å². The zero-order valence-electron chi connectivity index (χ0n) is 13.8. The Kier molecular flexibility index (Phi) is 4.03. The molecule has 1 spiro atoms. The molecule has 2 fully saturated rings. The van der Waals surface area contributed by atoms with Gasteiger partial charge in [0, 0.05) is 12.1 Å². The minimum atomic E-state index is -0.837. The number of carbonyl (C=O) groups excluding carboxylic acids is 2. The third kappa shape index (κ3) is 2.44. The molecular formula is C17H21N3O4. The second-order valence-corrected chi connectivity index (χ2v) is 6.85. The van der Waals surface area contributed by atoms with E-state index in [-0.39, 0.29) is 30.0 Å². The fraction of sp³-hybridized carbons (Fsp3) is 0.529. The number of benzene rings is 1. The lowest BCUT2D eigenvalue weighted by Crippen LogP contribution is -2.58. The molecule has 0 aromatic heterocycles. The van der Waals surface area contributed by atoms with E-state index in [1.54, 1.807) is 12.1 Å². The number of hydrogen-bond acceptors (Lipinski definition) is 4. The highest BCUT2D eigenvalue weighted by Gasteiger charge is 2.58. The Balaban J connectivity index is 1.87. The lowest BCUT2D eigenvalue weighted by molar-refractivity contribution is -0.384. The lowest BCUT2D eigenvalue weighted by Gasteiger charge is -2.42. The molecule has 0 radical (unpaired) electrons. The van der Waals surface area contributed by atoms with Crippen molar-refractivity contribution >= 4 is 17.6 Å². The normalized spacial score (nSPS) is 29.8. The zero-order valence-corrected chi connectivity index (χ0v) is 13.8. The summed E-state index contributed by atoms with van der Waals surface area (Å²) in [5.74, 6) is -0.0562. The highest BCUT2D eigenvalue weighted by molar-refractivity contribution is 6.07. The Morgan fingerprint density at radius 2 is 1.96 bits per heavy atom. The van der Waals surface area contributed by atoms with E-state index in [0.717, 1.165) is 19.3 Å². The van der Waals surface area contributed by atoms with E-state index in [9.17, 15) is 19.7 Å². The van der Waals surface area contributed by atoms with Gasteiger partial charge in [0.15, 0.2) is 0 Å². The largest absolute Gasteiger partial charge is 0.325 e. The summed E-state index contributed by atoms with van der Waals surface area (Å²) < 4.78 is 0. The van der Waals surface area contributed by atoms with E-state index >= 15 is 0 Å². The third-order valence-corrected chi connectivity index (χ3v) is 5.45. The van der Waals surface area contributed by atoms with Gasteiger partial charge in [0.1, 0.15) is 5.54 Å². The molecule has 1 heterocycles. The van der Waals surface area contributed by atoms with Crippen LogP contribution < -0.4 is 5.32 Å². The van der Waals surface area contributed by atoms with Crippen LogP contribution in [0.4, 0.5) is 10.5 Å². The van der Waals surface area contributed by atoms with Crippen molar-refractivity contribution in [2.45, 2.75) is 45.2 Å². The molecule has 24 heavy (non-hydrogen) atoms. The summed E-state index contributed by atoms with van der Waals surface area (Å²) in [7, 11) is 0. The van der Waals surface area contributed by atoms with Gasteiger partial charge in [-0.15, -0.1) is 0 Å². The average molecular weight is 331 g/mol. The predicted octanol–water partition coefficient (Wildman–Crippen LogP) is 2.84. The molecule has 3 rings (SSSR count). The van der Waals surface area contributed by atoms with E-state index < -0.39 is 16.5 Å². The molecule has 2 atom stereocenters. The van der Waals surface area contributed by atoms with Gasteiger partial charge in [-0.1, -0.05) is 32.4 Å². The number of nitro benzene ring substituents is 1. The molecular weight excluding hydrogens is 310 g/mol. The van der Waals surface area contributed by atoms with Crippen molar-refractivity contribution < 1.29 is 14.5 Å². The van der Waals surface area contributed by atoms with E-state index in [0.29, 0.717) is 5.56 Å². The highest BCUT2D eigenvalue weighted by atomic mass is 16.6. The van der Waals surface area contributed by atoms with Gasteiger partial charge in [-0.2, -0.15) is 0 Å². The van der Waals surface area contributed by atoms with Crippen LogP contribution in [0.25, 0.3) is 0 Å². The number of urea groups is 1. The maximum Gasteiger partial charge on any atom is 0.325 e. The first kappa shape index (κ1) is 16.4. The van der Waals surface area contributed by atoms with Crippen molar-refractivity contribution in [1.29, 1.82) is 0 Å². The predicted molar refractivity (Wildman–Crippen MR) is 87.1 cm³/mol. The minimum Gasteiger partial charge on any atom is -0.323 e.